The molecule has 0 bridgehead atoms. The van der Waals surface area contributed by atoms with Crippen molar-refractivity contribution in [2.45, 2.75) is 26.5 Å². The van der Waals surface area contributed by atoms with E-state index < -0.39 is 15.9 Å². The van der Waals surface area contributed by atoms with Gasteiger partial charge in [-0.15, -0.1) is 0 Å². The standard InChI is InChI=1S/C25H27N3O4S/c1-19(2)32-22-15-13-20(14-16-22)17-26-27-25(29)23-11-7-8-12-24(23)28(33(3,30)31)18-21-9-5-4-6-10-21/h4-17,19H,18H2,1-3H3,(H,27,29)/b26-17+. The highest BCUT2D eigenvalue weighted by molar-refractivity contribution is 7.92. The fourth-order valence-corrected chi connectivity index (χ4v) is 4.04. The van der Waals surface area contributed by atoms with Crippen molar-refractivity contribution >= 4 is 27.8 Å². The summed E-state index contributed by atoms with van der Waals surface area (Å²) in [4.78, 5) is 12.8. The van der Waals surface area contributed by atoms with Crippen molar-refractivity contribution in [2.75, 3.05) is 10.6 Å². The summed E-state index contributed by atoms with van der Waals surface area (Å²) in [7, 11) is -3.65. The molecule has 3 aromatic carbocycles. The van der Waals surface area contributed by atoms with Gasteiger partial charge in [0.25, 0.3) is 5.91 Å². The van der Waals surface area contributed by atoms with Crippen LogP contribution in [0.5, 0.6) is 5.75 Å². The Bertz CT molecular complexity index is 1210. The first-order chi connectivity index (χ1) is 15.7. The van der Waals surface area contributed by atoms with Crippen molar-refractivity contribution in [1.82, 2.24) is 5.43 Å². The lowest BCUT2D eigenvalue weighted by Gasteiger charge is -2.24. The number of ether oxygens (including phenoxy) is 1. The van der Waals surface area contributed by atoms with Crippen LogP contribution in [-0.4, -0.2) is 32.9 Å². The second-order valence-corrected chi connectivity index (χ2v) is 9.61. The van der Waals surface area contributed by atoms with E-state index in [2.05, 4.69) is 10.5 Å². The molecule has 0 aliphatic heterocycles. The first-order valence-electron chi connectivity index (χ1n) is 10.4. The number of hydrogen-bond acceptors (Lipinski definition) is 5. The monoisotopic (exact) mass is 465 g/mol. The van der Waals surface area contributed by atoms with Crippen molar-refractivity contribution in [2.24, 2.45) is 5.10 Å². The van der Waals surface area contributed by atoms with Crippen LogP contribution in [0.1, 0.15) is 35.3 Å². The van der Waals surface area contributed by atoms with E-state index in [0.29, 0.717) is 0 Å². The predicted molar refractivity (Wildman–Crippen MR) is 131 cm³/mol. The number of benzene rings is 3. The summed E-state index contributed by atoms with van der Waals surface area (Å²) in [6.45, 7) is 4.01. The summed E-state index contributed by atoms with van der Waals surface area (Å²) < 4.78 is 31.9. The first kappa shape index (κ1) is 24.0. The molecule has 0 aliphatic carbocycles. The topological polar surface area (TPSA) is 88.1 Å². The van der Waals surface area contributed by atoms with Crippen molar-refractivity contribution in [3.63, 3.8) is 0 Å². The minimum Gasteiger partial charge on any atom is -0.491 e. The summed E-state index contributed by atoms with van der Waals surface area (Å²) in [5.74, 6) is 0.239. The Labute approximate surface area is 194 Å². The van der Waals surface area contributed by atoms with Crippen LogP contribution in [0.2, 0.25) is 0 Å². The lowest BCUT2D eigenvalue weighted by molar-refractivity contribution is 0.0955. The lowest BCUT2D eigenvalue weighted by atomic mass is 10.1. The van der Waals surface area contributed by atoms with Crippen LogP contribution in [0.15, 0.2) is 84.0 Å². The van der Waals surface area contributed by atoms with Crippen LogP contribution >= 0.6 is 0 Å². The molecule has 0 radical (unpaired) electrons. The maximum atomic E-state index is 12.8. The molecule has 172 valence electrons. The quantitative estimate of drug-likeness (QED) is 0.379. The fourth-order valence-electron chi connectivity index (χ4n) is 3.14. The molecule has 1 amide bonds. The van der Waals surface area contributed by atoms with Crippen molar-refractivity contribution < 1.29 is 17.9 Å². The average Bonchev–Trinajstić information content (AvgIpc) is 2.78. The third-order valence-corrected chi connectivity index (χ3v) is 5.74. The highest BCUT2D eigenvalue weighted by Crippen LogP contribution is 2.25. The summed E-state index contributed by atoms with van der Waals surface area (Å²) in [5.41, 5.74) is 4.56. The van der Waals surface area contributed by atoms with E-state index in [1.54, 1.807) is 24.3 Å². The molecule has 8 heteroatoms. The molecule has 0 spiro atoms. The average molecular weight is 466 g/mol. The molecule has 0 unspecified atom stereocenters. The summed E-state index contributed by atoms with van der Waals surface area (Å²) in [6, 6.07) is 23.1. The van der Waals surface area contributed by atoms with Crippen molar-refractivity contribution in [3.8, 4) is 5.75 Å². The minimum absolute atomic E-state index is 0.0808. The number of rotatable bonds is 9. The van der Waals surface area contributed by atoms with Crippen LogP contribution < -0.4 is 14.5 Å². The lowest BCUT2D eigenvalue weighted by Crippen LogP contribution is -2.32. The van der Waals surface area contributed by atoms with Gasteiger partial charge < -0.3 is 4.74 Å². The van der Waals surface area contributed by atoms with Gasteiger partial charge in [-0.25, -0.2) is 13.8 Å². The molecule has 0 atom stereocenters. The zero-order valence-corrected chi connectivity index (χ0v) is 19.6. The Kier molecular flexibility index (Phi) is 7.84. The third kappa shape index (κ3) is 6.92. The second kappa shape index (κ2) is 10.8. The maximum Gasteiger partial charge on any atom is 0.273 e. The van der Waals surface area contributed by atoms with Crippen molar-refractivity contribution in [1.29, 1.82) is 0 Å². The third-order valence-electron chi connectivity index (χ3n) is 4.62. The smallest absolute Gasteiger partial charge is 0.273 e. The van der Waals surface area contributed by atoms with Crippen LogP contribution in [0.4, 0.5) is 5.69 Å². The van der Waals surface area contributed by atoms with E-state index >= 15 is 0 Å². The number of anilines is 1. The van der Waals surface area contributed by atoms with Crippen LogP contribution in [0.25, 0.3) is 0 Å². The Hall–Kier alpha value is -3.65. The Morgan fingerprint density at radius 1 is 1.00 bits per heavy atom. The van der Waals surface area contributed by atoms with Gasteiger partial charge in [0, 0.05) is 0 Å². The number of para-hydroxylation sites is 1. The second-order valence-electron chi connectivity index (χ2n) is 7.71. The van der Waals surface area contributed by atoms with Gasteiger partial charge in [0.2, 0.25) is 10.0 Å². The van der Waals surface area contributed by atoms with E-state index in [1.165, 1.54) is 10.5 Å². The number of amides is 1. The molecule has 0 heterocycles. The zero-order chi connectivity index (χ0) is 23.8. The number of sulfonamides is 1. The van der Waals surface area contributed by atoms with Crippen molar-refractivity contribution in [3.05, 3.63) is 95.6 Å². The molecule has 0 saturated carbocycles. The first-order valence-corrected chi connectivity index (χ1v) is 12.3. The van der Waals surface area contributed by atoms with Gasteiger partial charge in [0.1, 0.15) is 5.75 Å². The van der Waals surface area contributed by atoms with Gasteiger partial charge in [0.05, 0.1) is 36.4 Å². The molecule has 0 fully saturated rings. The number of nitrogens with zero attached hydrogens (tertiary/aromatic N) is 2. The fraction of sp³-hybridized carbons (Fsp3) is 0.200. The highest BCUT2D eigenvalue weighted by atomic mass is 32.2. The van der Waals surface area contributed by atoms with Gasteiger partial charge in [-0.2, -0.15) is 5.10 Å². The zero-order valence-electron chi connectivity index (χ0n) is 18.8. The van der Waals surface area contributed by atoms with Gasteiger partial charge in [-0.3, -0.25) is 9.10 Å². The molecule has 3 aromatic rings. The summed E-state index contributed by atoms with van der Waals surface area (Å²) in [6.07, 6.45) is 2.71. The molecule has 7 nitrogen and oxygen atoms in total. The van der Waals surface area contributed by atoms with Crippen LogP contribution in [0.3, 0.4) is 0 Å². The van der Waals surface area contributed by atoms with E-state index in [1.807, 2.05) is 68.4 Å². The Morgan fingerprint density at radius 2 is 1.64 bits per heavy atom. The van der Waals surface area contributed by atoms with E-state index in [0.717, 1.165) is 23.1 Å². The molecule has 3 rings (SSSR count). The number of hydrogen-bond donors (Lipinski definition) is 1. The molecular weight excluding hydrogens is 438 g/mol. The number of hydrazone groups is 1. The van der Waals surface area contributed by atoms with Crippen LogP contribution in [-0.2, 0) is 16.6 Å². The maximum absolute atomic E-state index is 12.8. The van der Waals surface area contributed by atoms with E-state index in [-0.39, 0.29) is 23.9 Å². The van der Waals surface area contributed by atoms with E-state index in [9.17, 15) is 13.2 Å². The summed E-state index contributed by atoms with van der Waals surface area (Å²) in [5, 5.41) is 4.02. The Balaban J connectivity index is 1.78. The Morgan fingerprint density at radius 3 is 2.27 bits per heavy atom. The number of carbonyl (C=O) groups is 1. The minimum atomic E-state index is -3.65. The largest absolute Gasteiger partial charge is 0.491 e. The van der Waals surface area contributed by atoms with Gasteiger partial charge >= 0.3 is 0 Å². The predicted octanol–water partition coefficient (Wildman–Crippen LogP) is 4.20. The molecule has 1 N–H and O–H groups in total. The van der Waals surface area contributed by atoms with Gasteiger partial charge in [-0.05, 0) is 61.4 Å². The molecule has 33 heavy (non-hydrogen) atoms. The van der Waals surface area contributed by atoms with Gasteiger partial charge in [-0.1, -0.05) is 42.5 Å². The number of carbonyl (C=O) groups excluding carboxylic acids is 1. The molecular formula is C25H27N3O4S. The number of nitrogens with one attached hydrogen (secondary N) is 1. The molecule has 0 aromatic heterocycles. The van der Waals surface area contributed by atoms with Gasteiger partial charge in [0.15, 0.2) is 0 Å². The SMILES string of the molecule is CC(C)Oc1ccc(/C=N/NC(=O)c2ccccc2N(Cc2ccccc2)S(C)(=O)=O)cc1. The summed E-state index contributed by atoms with van der Waals surface area (Å²) >= 11 is 0. The highest BCUT2D eigenvalue weighted by Gasteiger charge is 2.23. The molecule has 0 aliphatic rings. The van der Waals surface area contributed by atoms with Crippen LogP contribution in [0, 0.1) is 0 Å². The van der Waals surface area contributed by atoms with E-state index in [4.69, 9.17) is 4.74 Å². The normalized spacial score (nSPS) is 11.5. The molecule has 0 saturated heterocycles.